The molecule has 1 atom stereocenters. The molecule has 1 aromatic heterocycles. The van der Waals surface area contributed by atoms with E-state index >= 15 is 0 Å². The van der Waals surface area contributed by atoms with E-state index in [2.05, 4.69) is 10.3 Å². The Morgan fingerprint density at radius 3 is 3.13 bits per heavy atom. The number of thiazole rings is 1. The second-order valence-corrected chi connectivity index (χ2v) is 4.01. The molecule has 5 nitrogen and oxygen atoms in total. The van der Waals surface area contributed by atoms with E-state index in [4.69, 9.17) is 11.0 Å². The van der Waals surface area contributed by atoms with E-state index in [0.29, 0.717) is 18.8 Å². The molecule has 0 bridgehead atoms. The number of rotatable bonds is 4. The number of nitrogens with zero attached hydrogens (tertiary/aromatic N) is 2. The van der Waals surface area contributed by atoms with Gasteiger partial charge in [-0.15, -0.1) is 11.3 Å². The topological polar surface area (TPSA) is 91.8 Å². The Bertz CT molecular complexity index is 382. The molecule has 6 heteroatoms. The first-order valence-corrected chi connectivity index (χ1v) is 5.37. The SMILES string of the molecule is CC(C#N)CNC(=O)c1csc(CN)n1. The number of hydrogen-bond acceptors (Lipinski definition) is 5. The number of carbonyl (C=O) groups excluding carboxylic acids is 1. The highest BCUT2D eigenvalue weighted by atomic mass is 32.1. The number of carbonyl (C=O) groups is 1. The zero-order valence-corrected chi connectivity index (χ0v) is 9.17. The maximum atomic E-state index is 11.5. The highest BCUT2D eigenvalue weighted by molar-refractivity contribution is 7.09. The van der Waals surface area contributed by atoms with Crippen molar-refractivity contribution in [1.29, 1.82) is 5.26 Å². The number of nitrogens with one attached hydrogen (secondary N) is 1. The van der Waals surface area contributed by atoms with Crippen LogP contribution in [0.1, 0.15) is 22.4 Å². The van der Waals surface area contributed by atoms with Crippen LogP contribution in [0.5, 0.6) is 0 Å². The van der Waals surface area contributed by atoms with Crippen molar-refractivity contribution in [1.82, 2.24) is 10.3 Å². The predicted molar refractivity (Wildman–Crippen MR) is 57.1 cm³/mol. The van der Waals surface area contributed by atoms with Gasteiger partial charge >= 0.3 is 0 Å². The molecule has 0 aromatic carbocycles. The third-order valence-electron chi connectivity index (χ3n) is 1.75. The number of hydrogen-bond donors (Lipinski definition) is 2. The standard InChI is InChI=1S/C9H12N4OS/c1-6(2-10)4-12-9(14)7-5-15-8(3-11)13-7/h5-6H,3-4,11H2,1H3,(H,12,14). The molecule has 0 aliphatic rings. The minimum atomic E-state index is -0.256. The van der Waals surface area contributed by atoms with Crippen LogP contribution < -0.4 is 11.1 Å². The molecule has 1 unspecified atom stereocenters. The monoisotopic (exact) mass is 224 g/mol. The summed E-state index contributed by atoms with van der Waals surface area (Å²) in [6.45, 7) is 2.42. The van der Waals surface area contributed by atoms with Crippen molar-refractivity contribution in [2.75, 3.05) is 6.54 Å². The molecular weight excluding hydrogens is 212 g/mol. The van der Waals surface area contributed by atoms with Gasteiger partial charge in [-0.25, -0.2) is 4.98 Å². The summed E-state index contributed by atoms with van der Waals surface area (Å²) in [4.78, 5) is 15.5. The minimum absolute atomic E-state index is 0.193. The van der Waals surface area contributed by atoms with Crippen molar-refractivity contribution in [3.05, 3.63) is 16.1 Å². The van der Waals surface area contributed by atoms with Gasteiger partial charge in [0.2, 0.25) is 0 Å². The van der Waals surface area contributed by atoms with Crippen LogP contribution >= 0.6 is 11.3 Å². The fourth-order valence-electron chi connectivity index (χ4n) is 0.891. The number of nitrogens with two attached hydrogens (primary N) is 1. The van der Waals surface area contributed by atoms with Crippen LogP contribution in [0.15, 0.2) is 5.38 Å². The van der Waals surface area contributed by atoms with Crippen molar-refractivity contribution in [2.45, 2.75) is 13.5 Å². The van der Waals surface area contributed by atoms with Crippen LogP contribution in [0.25, 0.3) is 0 Å². The molecule has 1 aromatic rings. The Morgan fingerprint density at radius 2 is 2.60 bits per heavy atom. The van der Waals surface area contributed by atoms with Crippen molar-refractivity contribution >= 4 is 17.2 Å². The van der Waals surface area contributed by atoms with E-state index < -0.39 is 0 Å². The van der Waals surface area contributed by atoms with E-state index in [1.165, 1.54) is 11.3 Å². The zero-order valence-electron chi connectivity index (χ0n) is 8.36. The molecule has 15 heavy (non-hydrogen) atoms. The second kappa shape index (κ2) is 5.44. The van der Waals surface area contributed by atoms with Crippen LogP contribution in [0.4, 0.5) is 0 Å². The Labute approximate surface area is 91.9 Å². The zero-order chi connectivity index (χ0) is 11.3. The fourth-order valence-corrected chi connectivity index (χ4v) is 1.55. The fraction of sp³-hybridized carbons (Fsp3) is 0.444. The maximum Gasteiger partial charge on any atom is 0.270 e. The van der Waals surface area contributed by atoms with Gasteiger partial charge in [-0.3, -0.25) is 4.79 Å². The van der Waals surface area contributed by atoms with Crippen LogP contribution in [-0.2, 0) is 6.54 Å². The van der Waals surface area contributed by atoms with Crippen LogP contribution in [0.2, 0.25) is 0 Å². The van der Waals surface area contributed by atoms with Gasteiger partial charge in [0.15, 0.2) is 0 Å². The lowest BCUT2D eigenvalue weighted by Gasteiger charge is -2.03. The molecule has 1 heterocycles. The van der Waals surface area contributed by atoms with Crippen molar-refractivity contribution in [2.24, 2.45) is 11.7 Å². The quantitative estimate of drug-likeness (QED) is 0.778. The maximum absolute atomic E-state index is 11.5. The van der Waals surface area contributed by atoms with Crippen molar-refractivity contribution in [3.8, 4) is 6.07 Å². The van der Waals surface area contributed by atoms with Crippen LogP contribution in [0, 0.1) is 17.2 Å². The molecule has 0 fully saturated rings. The number of nitriles is 1. The summed E-state index contributed by atoms with van der Waals surface area (Å²) in [5.41, 5.74) is 5.75. The van der Waals surface area contributed by atoms with Crippen molar-refractivity contribution in [3.63, 3.8) is 0 Å². The smallest absolute Gasteiger partial charge is 0.270 e. The third-order valence-corrected chi connectivity index (χ3v) is 2.62. The molecular formula is C9H12N4OS. The Kier molecular flexibility index (Phi) is 4.21. The summed E-state index contributed by atoms with van der Waals surface area (Å²) >= 11 is 1.36. The normalized spacial score (nSPS) is 11.8. The second-order valence-electron chi connectivity index (χ2n) is 3.07. The molecule has 0 radical (unpaired) electrons. The largest absolute Gasteiger partial charge is 0.349 e. The van der Waals surface area contributed by atoms with Gasteiger partial charge < -0.3 is 11.1 Å². The summed E-state index contributed by atoms with van der Waals surface area (Å²) in [6.07, 6.45) is 0. The lowest BCUT2D eigenvalue weighted by atomic mass is 10.2. The molecule has 0 spiro atoms. The van der Waals surface area contributed by atoms with Crippen LogP contribution in [-0.4, -0.2) is 17.4 Å². The third kappa shape index (κ3) is 3.31. The van der Waals surface area contributed by atoms with Gasteiger partial charge in [0.25, 0.3) is 5.91 Å². The Balaban J connectivity index is 2.51. The molecule has 1 rings (SSSR count). The van der Waals surface area contributed by atoms with E-state index in [1.807, 2.05) is 6.07 Å². The lowest BCUT2D eigenvalue weighted by molar-refractivity contribution is 0.0946. The van der Waals surface area contributed by atoms with Gasteiger partial charge in [0.1, 0.15) is 10.7 Å². The van der Waals surface area contributed by atoms with E-state index in [9.17, 15) is 4.79 Å². The Hall–Kier alpha value is -1.45. The highest BCUT2D eigenvalue weighted by Gasteiger charge is 2.10. The highest BCUT2D eigenvalue weighted by Crippen LogP contribution is 2.08. The van der Waals surface area contributed by atoms with Gasteiger partial charge in [0, 0.05) is 18.5 Å². The molecule has 3 N–H and O–H groups in total. The predicted octanol–water partition coefficient (Wildman–Crippen LogP) is 0.491. The van der Waals surface area contributed by atoms with E-state index in [-0.39, 0.29) is 11.8 Å². The summed E-state index contributed by atoms with van der Waals surface area (Å²) < 4.78 is 0. The lowest BCUT2D eigenvalue weighted by Crippen LogP contribution is -2.28. The van der Waals surface area contributed by atoms with Gasteiger partial charge in [-0.2, -0.15) is 5.26 Å². The molecule has 0 aliphatic heterocycles. The van der Waals surface area contributed by atoms with Gasteiger partial charge in [-0.1, -0.05) is 0 Å². The van der Waals surface area contributed by atoms with Crippen molar-refractivity contribution < 1.29 is 4.79 Å². The first kappa shape index (κ1) is 11.6. The average Bonchev–Trinajstić information content (AvgIpc) is 2.73. The Morgan fingerprint density at radius 1 is 1.87 bits per heavy atom. The molecule has 0 saturated heterocycles. The van der Waals surface area contributed by atoms with Gasteiger partial charge in [0.05, 0.1) is 12.0 Å². The molecule has 0 saturated carbocycles. The molecule has 80 valence electrons. The molecule has 0 aliphatic carbocycles. The summed E-state index contributed by atoms with van der Waals surface area (Å²) in [5.74, 6) is -0.449. The summed E-state index contributed by atoms with van der Waals surface area (Å²) in [5, 5.41) is 13.5. The van der Waals surface area contributed by atoms with E-state index in [0.717, 1.165) is 5.01 Å². The van der Waals surface area contributed by atoms with Gasteiger partial charge in [-0.05, 0) is 6.92 Å². The first-order chi connectivity index (χ1) is 7.17. The van der Waals surface area contributed by atoms with E-state index in [1.54, 1.807) is 12.3 Å². The summed E-state index contributed by atoms with van der Waals surface area (Å²) in [6, 6.07) is 2.04. The van der Waals surface area contributed by atoms with Crippen LogP contribution in [0.3, 0.4) is 0 Å². The first-order valence-electron chi connectivity index (χ1n) is 4.49. The minimum Gasteiger partial charge on any atom is -0.349 e. The average molecular weight is 224 g/mol. The number of amides is 1. The number of aromatic nitrogens is 1. The molecule has 1 amide bonds. The summed E-state index contributed by atoms with van der Waals surface area (Å²) in [7, 11) is 0.